The van der Waals surface area contributed by atoms with Crippen LogP contribution in [0.3, 0.4) is 0 Å². The van der Waals surface area contributed by atoms with Gasteiger partial charge < -0.3 is 4.98 Å². The molecule has 5 rings (SSSR count). The highest BCUT2D eigenvalue weighted by Crippen LogP contribution is 2.31. The Labute approximate surface area is 152 Å². The van der Waals surface area contributed by atoms with Crippen LogP contribution in [0.5, 0.6) is 0 Å². The summed E-state index contributed by atoms with van der Waals surface area (Å²) in [5.74, 6) is -0.473. The molecule has 0 spiro atoms. The molecule has 0 amide bonds. The first-order valence-corrected chi connectivity index (χ1v) is 8.41. The molecule has 0 saturated carbocycles. The van der Waals surface area contributed by atoms with E-state index in [0.717, 1.165) is 0 Å². The monoisotopic (exact) mass is 359 g/mol. The third-order valence-corrected chi connectivity index (χ3v) is 5.06. The Hall–Kier alpha value is -3.24. The van der Waals surface area contributed by atoms with E-state index in [1.807, 2.05) is 0 Å². The Morgan fingerprint density at radius 1 is 0.731 bits per heavy atom. The Bertz CT molecular complexity index is 1350. The molecular formula is C21H10ClNO3. The van der Waals surface area contributed by atoms with Crippen molar-refractivity contribution in [3.8, 4) is 0 Å². The van der Waals surface area contributed by atoms with Crippen molar-refractivity contribution in [1.29, 1.82) is 0 Å². The smallest absolute Gasteiger partial charge is 0.197 e. The summed E-state index contributed by atoms with van der Waals surface area (Å²) in [5.41, 5.74) is 2.03. The van der Waals surface area contributed by atoms with Crippen LogP contribution in [-0.4, -0.2) is 16.6 Å². The highest BCUT2D eigenvalue weighted by Gasteiger charge is 2.31. The number of hydrogen-bond acceptors (Lipinski definition) is 3. The number of H-pyrrole nitrogens is 1. The molecule has 0 bridgehead atoms. The van der Waals surface area contributed by atoms with Crippen LogP contribution in [0.4, 0.5) is 0 Å². The van der Waals surface area contributed by atoms with E-state index in [-0.39, 0.29) is 22.6 Å². The van der Waals surface area contributed by atoms with E-state index >= 15 is 0 Å². The SMILES string of the molecule is O=C1c2ccccc2C(=O)c2c1ccc1c(=O)c3cc(Cl)ccc3[nH]c21. The lowest BCUT2D eigenvalue weighted by Gasteiger charge is -2.19. The standard InChI is InChI=1S/C21H10ClNO3/c22-10-5-8-16-15(9-10)20(25)14-7-6-13-17(18(14)23-16)21(26)12-4-2-1-3-11(12)19(13)24/h1-9H,(H,23,25). The van der Waals surface area contributed by atoms with E-state index in [2.05, 4.69) is 4.98 Å². The van der Waals surface area contributed by atoms with Gasteiger partial charge in [0.2, 0.25) is 0 Å². The fourth-order valence-corrected chi connectivity index (χ4v) is 3.77. The normalized spacial score (nSPS) is 13.1. The Morgan fingerprint density at radius 3 is 2.23 bits per heavy atom. The first-order chi connectivity index (χ1) is 12.6. The van der Waals surface area contributed by atoms with Crippen LogP contribution in [0.1, 0.15) is 31.8 Å². The Kier molecular flexibility index (Phi) is 2.97. The second-order valence-electron chi connectivity index (χ2n) is 6.26. The minimum atomic E-state index is -0.259. The molecule has 3 aromatic carbocycles. The van der Waals surface area contributed by atoms with Crippen LogP contribution in [0.15, 0.2) is 59.4 Å². The maximum absolute atomic E-state index is 13.1. The molecule has 4 aromatic rings. The first kappa shape index (κ1) is 15.0. The minimum absolute atomic E-state index is 0.214. The number of hydrogen-bond donors (Lipinski definition) is 1. The van der Waals surface area contributed by atoms with Crippen LogP contribution in [0.2, 0.25) is 5.02 Å². The zero-order valence-electron chi connectivity index (χ0n) is 13.3. The van der Waals surface area contributed by atoms with E-state index in [1.54, 1.807) is 54.6 Å². The lowest BCUT2D eigenvalue weighted by Crippen LogP contribution is -2.22. The average molecular weight is 360 g/mol. The van der Waals surface area contributed by atoms with E-state index < -0.39 is 0 Å². The van der Waals surface area contributed by atoms with Crippen molar-refractivity contribution in [2.24, 2.45) is 0 Å². The second-order valence-corrected chi connectivity index (χ2v) is 6.69. The highest BCUT2D eigenvalue weighted by molar-refractivity contribution is 6.32. The molecule has 124 valence electrons. The molecule has 1 aliphatic carbocycles. The topological polar surface area (TPSA) is 67.0 Å². The molecule has 1 N–H and O–H groups in total. The number of halogens is 1. The summed E-state index contributed by atoms with van der Waals surface area (Å²) in [6.45, 7) is 0. The molecule has 1 heterocycles. The van der Waals surface area contributed by atoms with Gasteiger partial charge in [0.25, 0.3) is 0 Å². The van der Waals surface area contributed by atoms with E-state index in [4.69, 9.17) is 11.6 Å². The number of rotatable bonds is 0. The van der Waals surface area contributed by atoms with Crippen LogP contribution in [0.25, 0.3) is 21.8 Å². The molecule has 0 atom stereocenters. The zero-order valence-corrected chi connectivity index (χ0v) is 14.1. The molecule has 0 aliphatic heterocycles. The number of benzene rings is 3. The van der Waals surface area contributed by atoms with Gasteiger partial charge in [0.1, 0.15) is 0 Å². The van der Waals surface area contributed by atoms with Crippen molar-refractivity contribution in [2.45, 2.75) is 0 Å². The van der Waals surface area contributed by atoms with Crippen LogP contribution < -0.4 is 5.43 Å². The van der Waals surface area contributed by atoms with Gasteiger partial charge in [0.05, 0.1) is 11.1 Å². The number of nitrogens with one attached hydrogen (secondary N) is 1. The van der Waals surface area contributed by atoms with E-state index in [0.29, 0.717) is 43.5 Å². The number of ketones is 2. The predicted octanol–water partition coefficient (Wildman–Crippen LogP) is 4.11. The highest BCUT2D eigenvalue weighted by atomic mass is 35.5. The van der Waals surface area contributed by atoms with Gasteiger partial charge >= 0.3 is 0 Å². The van der Waals surface area contributed by atoms with Gasteiger partial charge in [-0.2, -0.15) is 0 Å². The zero-order chi connectivity index (χ0) is 18.0. The van der Waals surface area contributed by atoms with Crippen molar-refractivity contribution in [3.63, 3.8) is 0 Å². The van der Waals surface area contributed by atoms with Gasteiger partial charge in [0.15, 0.2) is 17.0 Å². The van der Waals surface area contributed by atoms with Crippen LogP contribution in [-0.2, 0) is 0 Å². The largest absolute Gasteiger partial charge is 0.354 e. The summed E-state index contributed by atoms with van der Waals surface area (Å²) in [5, 5.41) is 1.26. The summed E-state index contributed by atoms with van der Waals surface area (Å²) < 4.78 is 0. The molecule has 0 fully saturated rings. The number of aromatic nitrogens is 1. The summed E-state index contributed by atoms with van der Waals surface area (Å²) in [4.78, 5) is 41.9. The third kappa shape index (κ3) is 1.87. The molecule has 0 saturated heterocycles. The maximum Gasteiger partial charge on any atom is 0.197 e. The van der Waals surface area contributed by atoms with Crippen LogP contribution in [0, 0.1) is 0 Å². The Balaban J connectivity index is 1.95. The summed E-state index contributed by atoms with van der Waals surface area (Å²) in [6.07, 6.45) is 0. The van der Waals surface area contributed by atoms with Gasteiger partial charge in [-0.3, -0.25) is 14.4 Å². The molecule has 0 unspecified atom stereocenters. The number of aromatic amines is 1. The van der Waals surface area contributed by atoms with Gasteiger partial charge in [0, 0.05) is 38.0 Å². The molecule has 1 aliphatic rings. The molecule has 1 aromatic heterocycles. The van der Waals surface area contributed by atoms with Crippen molar-refractivity contribution < 1.29 is 9.59 Å². The Morgan fingerprint density at radius 2 is 1.46 bits per heavy atom. The number of carbonyl (C=O) groups is 2. The molecular weight excluding hydrogens is 350 g/mol. The van der Waals surface area contributed by atoms with Gasteiger partial charge in [-0.05, 0) is 30.3 Å². The summed E-state index contributed by atoms with van der Waals surface area (Å²) in [7, 11) is 0. The number of fused-ring (bicyclic) bond motifs is 5. The average Bonchev–Trinajstić information content (AvgIpc) is 2.66. The van der Waals surface area contributed by atoms with Crippen LogP contribution >= 0.6 is 11.6 Å². The maximum atomic E-state index is 13.1. The van der Waals surface area contributed by atoms with E-state index in [9.17, 15) is 14.4 Å². The molecule has 4 nitrogen and oxygen atoms in total. The fraction of sp³-hybridized carbons (Fsp3) is 0. The molecule has 26 heavy (non-hydrogen) atoms. The minimum Gasteiger partial charge on any atom is -0.354 e. The quantitative estimate of drug-likeness (QED) is 0.423. The first-order valence-electron chi connectivity index (χ1n) is 8.03. The van der Waals surface area contributed by atoms with Crippen molar-refractivity contribution in [2.75, 3.05) is 0 Å². The molecule has 0 radical (unpaired) electrons. The number of pyridine rings is 1. The number of carbonyl (C=O) groups excluding carboxylic acids is 2. The predicted molar refractivity (Wildman–Crippen MR) is 100 cm³/mol. The van der Waals surface area contributed by atoms with E-state index in [1.165, 1.54) is 0 Å². The molecule has 5 heteroatoms. The lowest BCUT2D eigenvalue weighted by atomic mass is 9.83. The second kappa shape index (κ2) is 5.13. The van der Waals surface area contributed by atoms with Gasteiger partial charge in [-0.15, -0.1) is 0 Å². The fourth-order valence-electron chi connectivity index (χ4n) is 3.60. The van der Waals surface area contributed by atoms with Gasteiger partial charge in [-0.1, -0.05) is 35.9 Å². The third-order valence-electron chi connectivity index (χ3n) is 4.82. The van der Waals surface area contributed by atoms with Crippen molar-refractivity contribution in [1.82, 2.24) is 4.98 Å². The van der Waals surface area contributed by atoms with Gasteiger partial charge in [-0.25, -0.2) is 0 Å². The summed E-state index contributed by atoms with van der Waals surface area (Å²) in [6, 6.07) is 14.8. The van der Waals surface area contributed by atoms with Crippen molar-refractivity contribution >= 4 is 45.0 Å². The van der Waals surface area contributed by atoms with Crippen molar-refractivity contribution in [3.05, 3.63) is 92.1 Å². The summed E-state index contributed by atoms with van der Waals surface area (Å²) >= 11 is 6.00. The lowest BCUT2D eigenvalue weighted by molar-refractivity contribution is 0.0980.